The molecule has 2 N–H and O–H groups in total. The molecule has 6 heteroatoms. The topological polar surface area (TPSA) is 78.5 Å². The average molecular weight is 329 g/mol. The Morgan fingerprint density at radius 1 is 1.38 bits per heavy atom. The number of allylic oxidation sites excluding steroid dienone is 1. The van der Waals surface area contributed by atoms with E-state index in [0.717, 1.165) is 17.7 Å². The smallest absolute Gasteiger partial charge is 0.264 e. The fourth-order valence-corrected chi connectivity index (χ4v) is 3.09. The molecule has 0 aliphatic carbocycles. The van der Waals surface area contributed by atoms with Gasteiger partial charge in [0.05, 0.1) is 11.1 Å². The molecule has 3 amide bonds. The van der Waals surface area contributed by atoms with Crippen LogP contribution in [0.1, 0.15) is 54.7 Å². The number of fused-ring (bicyclic) bond motifs is 1. The minimum absolute atomic E-state index is 0.327. The Labute approximate surface area is 142 Å². The molecule has 1 fully saturated rings. The molecule has 3 rings (SSSR count). The SMILES string of the molecule is [3H]CCCCNc1cccc2c1C(=O)N(C1CCC(=C)NC1=O)C2=O. The van der Waals surface area contributed by atoms with Crippen molar-refractivity contribution in [1.29, 1.82) is 0 Å². The molecule has 1 unspecified atom stereocenters. The minimum Gasteiger partial charge on any atom is -0.384 e. The van der Waals surface area contributed by atoms with Gasteiger partial charge in [0, 0.05) is 19.3 Å². The maximum absolute atomic E-state index is 12.9. The number of hydrogen-bond donors (Lipinski definition) is 2. The predicted octanol–water partition coefficient (Wildman–Crippen LogP) is 2.29. The quantitative estimate of drug-likeness (QED) is 0.642. The highest BCUT2D eigenvalue weighted by Gasteiger charge is 2.44. The van der Waals surface area contributed by atoms with Crippen molar-refractivity contribution >= 4 is 23.4 Å². The number of benzene rings is 1. The number of amides is 3. The highest BCUT2D eigenvalue weighted by Crippen LogP contribution is 2.32. The molecule has 1 aromatic carbocycles. The fourth-order valence-electron chi connectivity index (χ4n) is 3.09. The Morgan fingerprint density at radius 3 is 2.96 bits per heavy atom. The van der Waals surface area contributed by atoms with Crippen LogP contribution >= 0.6 is 0 Å². The van der Waals surface area contributed by atoms with E-state index in [1.54, 1.807) is 18.2 Å². The van der Waals surface area contributed by atoms with Crippen molar-refractivity contribution in [3.63, 3.8) is 0 Å². The molecule has 2 heterocycles. The van der Waals surface area contributed by atoms with Gasteiger partial charge in [0.2, 0.25) is 5.91 Å². The lowest BCUT2D eigenvalue weighted by Crippen LogP contribution is -2.51. The van der Waals surface area contributed by atoms with Crippen LogP contribution in [0.4, 0.5) is 5.69 Å². The van der Waals surface area contributed by atoms with E-state index in [0.29, 0.717) is 48.8 Å². The predicted molar refractivity (Wildman–Crippen MR) is 90.6 cm³/mol. The van der Waals surface area contributed by atoms with E-state index in [1.165, 1.54) is 0 Å². The second-order valence-corrected chi connectivity index (χ2v) is 5.99. The zero-order valence-corrected chi connectivity index (χ0v) is 13.4. The molecule has 24 heavy (non-hydrogen) atoms. The van der Waals surface area contributed by atoms with Crippen molar-refractivity contribution < 1.29 is 15.8 Å². The first-order valence-electron chi connectivity index (χ1n) is 8.78. The third-order valence-electron chi connectivity index (χ3n) is 4.32. The number of carbonyl (C=O) groups excluding carboxylic acids is 3. The van der Waals surface area contributed by atoms with Crippen LogP contribution in [0.25, 0.3) is 0 Å². The molecule has 6 nitrogen and oxygen atoms in total. The lowest BCUT2D eigenvalue weighted by molar-refractivity contribution is -0.125. The molecule has 1 atom stereocenters. The zero-order valence-electron chi connectivity index (χ0n) is 14.4. The van der Waals surface area contributed by atoms with Crippen LogP contribution in [-0.2, 0) is 4.79 Å². The van der Waals surface area contributed by atoms with Gasteiger partial charge in [-0.15, -0.1) is 0 Å². The molecular formula is C18H21N3O3. The van der Waals surface area contributed by atoms with Gasteiger partial charge < -0.3 is 10.6 Å². The van der Waals surface area contributed by atoms with Crippen LogP contribution in [0.3, 0.4) is 0 Å². The van der Waals surface area contributed by atoms with Crippen molar-refractivity contribution in [2.75, 3.05) is 11.9 Å². The molecule has 1 aromatic rings. The number of unbranched alkanes of at least 4 members (excludes halogenated alkanes) is 1. The largest absolute Gasteiger partial charge is 0.384 e. The normalized spacial score (nSPS) is 20.8. The number of rotatable bonds is 5. The van der Waals surface area contributed by atoms with E-state index in [1.807, 2.05) is 0 Å². The number of carbonyl (C=O) groups is 3. The van der Waals surface area contributed by atoms with E-state index in [4.69, 9.17) is 1.37 Å². The van der Waals surface area contributed by atoms with Crippen LogP contribution in [0.2, 0.25) is 0 Å². The molecule has 2 aliphatic rings. The highest BCUT2D eigenvalue weighted by atomic mass is 16.2. The monoisotopic (exact) mass is 329 g/mol. The van der Waals surface area contributed by atoms with E-state index >= 15 is 0 Å². The second kappa shape index (κ2) is 6.47. The number of piperidine rings is 1. The Morgan fingerprint density at radius 2 is 2.21 bits per heavy atom. The molecule has 2 aliphatic heterocycles. The van der Waals surface area contributed by atoms with E-state index in [2.05, 4.69) is 17.2 Å². The van der Waals surface area contributed by atoms with Gasteiger partial charge in [0.15, 0.2) is 0 Å². The van der Waals surface area contributed by atoms with Gasteiger partial charge >= 0.3 is 0 Å². The summed E-state index contributed by atoms with van der Waals surface area (Å²) in [5, 5.41) is 5.80. The van der Waals surface area contributed by atoms with E-state index in [9.17, 15) is 14.4 Å². The summed E-state index contributed by atoms with van der Waals surface area (Å²) in [6, 6.07) is 4.30. The van der Waals surface area contributed by atoms with E-state index in [-0.39, 0.29) is 5.91 Å². The first-order chi connectivity index (χ1) is 12.0. The first kappa shape index (κ1) is 14.9. The maximum Gasteiger partial charge on any atom is 0.264 e. The molecule has 0 spiro atoms. The van der Waals surface area contributed by atoms with Gasteiger partial charge in [-0.2, -0.15) is 0 Å². The molecule has 1 saturated heterocycles. The summed E-state index contributed by atoms with van der Waals surface area (Å²) in [6.07, 6.45) is 2.52. The average Bonchev–Trinajstić information content (AvgIpc) is 2.84. The molecule has 0 radical (unpaired) electrons. The van der Waals surface area contributed by atoms with Crippen molar-refractivity contribution in [2.45, 2.75) is 38.6 Å². The van der Waals surface area contributed by atoms with Crippen LogP contribution in [0.5, 0.6) is 0 Å². The summed E-state index contributed by atoms with van der Waals surface area (Å²) in [7, 11) is 0. The standard InChI is InChI=1S/C18H21N3O3/c1-3-4-10-19-13-7-5-6-12-15(13)18(24)21(17(12)23)14-9-8-11(2)20-16(14)22/h5-7,14,19H,2-4,8-10H2,1H3,(H,20,22)/i1T. The summed E-state index contributed by atoms with van der Waals surface area (Å²) in [6.45, 7) is 4.71. The van der Waals surface area contributed by atoms with Crippen molar-refractivity contribution in [3.05, 3.63) is 41.6 Å². The third kappa shape index (κ3) is 2.68. The number of anilines is 1. The molecule has 0 bridgehead atoms. The Bertz CT molecular complexity index is 747. The van der Waals surface area contributed by atoms with Gasteiger partial charge in [-0.1, -0.05) is 26.0 Å². The lowest BCUT2D eigenvalue weighted by Gasteiger charge is -2.29. The molecule has 126 valence electrons. The van der Waals surface area contributed by atoms with E-state index < -0.39 is 17.9 Å². The number of nitrogens with one attached hydrogen (secondary N) is 2. The number of hydrogen-bond acceptors (Lipinski definition) is 4. The van der Waals surface area contributed by atoms with Crippen LogP contribution in [0, 0.1) is 0 Å². The van der Waals surface area contributed by atoms with Gasteiger partial charge in [0.25, 0.3) is 11.8 Å². The van der Waals surface area contributed by atoms with Gasteiger partial charge in [-0.25, -0.2) is 0 Å². The minimum atomic E-state index is -0.797. The van der Waals surface area contributed by atoms with Crippen LogP contribution in [-0.4, -0.2) is 35.2 Å². The summed E-state index contributed by atoms with van der Waals surface area (Å²) >= 11 is 0. The highest BCUT2D eigenvalue weighted by molar-refractivity contribution is 6.25. The molecular weight excluding hydrogens is 306 g/mol. The molecule has 0 saturated carbocycles. The Balaban J connectivity index is 1.84. The van der Waals surface area contributed by atoms with Crippen LogP contribution in [0.15, 0.2) is 30.5 Å². The van der Waals surface area contributed by atoms with Crippen molar-refractivity contribution in [2.24, 2.45) is 0 Å². The maximum atomic E-state index is 12.9. The third-order valence-corrected chi connectivity index (χ3v) is 4.32. The Kier molecular flexibility index (Phi) is 4.02. The number of nitrogens with zero attached hydrogens (tertiary/aromatic N) is 1. The summed E-state index contributed by atoms with van der Waals surface area (Å²) in [4.78, 5) is 38.9. The van der Waals surface area contributed by atoms with Crippen molar-refractivity contribution in [1.82, 2.24) is 10.2 Å². The summed E-state index contributed by atoms with van der Waals surface area (Å²) in [5.74, 6) is -1.23. The fraction of sp³-hybridized carbons (Fsp3) is 0.389. The first-order valence-corrected chi connectivity index (χ1v) is 8.07. The van der Waals surface area contributed by atoms with Crippen LogP contribution < -0.4 is 10.6 Å². The zero-order chi connectivity index (χ0) is 18.0. The number of imide groups is 1. The Hall–Kier alpha value is -2.63. The van der Waals surface area contributed by atoms with Gasteiger partial charge in [0.1, 0.15) is 6.04 Å². The van der Waals surface area contributed by atoms with Gasteiger partial charge in [-0.05, 0) is 31.4 Å². The molecule has 0 aromatic heterocycles. The summed E-state index contributed by atoms with van der Waals surface area (Å²) in [5.41, 5.74) is 1.86. The summed E-state index contributed by atoms with van der Waals surface area (Å²) < 4.78 is 7.16. The van der Waals surface area contributed by atoms with Gasteiger partial charge in [-0.3, -0.25) is 19.3 Å². The second-order valence-electron chi connectivity index (χ2n) is 5.99. The lowest BCUT2D eigenvalue weighted by atomic mass is 10.0. The van der Waals surface area contributed by atoms with Crippen molar-refractivity contribution in [3.8, 4) is 0 Å².